The summed E-state index contributed by atoms with van der Waals surface area (Å²) in [5.41, 5.74) is 0.395. The first-order valence-electron chi connectivity index (χ1n) is 3.96. The Hall–Kier alpha value is -1.49. The Morgan fingerprint density at radius 3 is 2.57 bits per heavy atom. The fourth-order valence-electron chi connectivity index (χ4n) is 0.949. The molecule has 1 aromatic carbocycles. The van der Waals surface area contributed by atoms with E-state index in [0.29, 0.717) is 5.56 Å². The summed E-state index contributed by atoms with van der Waals surface area (Å²) in [5.74, 6) is 2.91. The fourth-order valence-corrected chi connectivity index (χ4v) is 0.949. The molecule has 0 aliphatic rings. The third-order valence-corrected chi connectivity index (χ3v) is 1.73. The maximum atomic E-state index is 12.7. The van der Waals surface area contributed by atoms with Crippen molar-refractivity contribution in [2.75, 3.05) is 7.05 Å². The SMILES string of the molecule is CN(N)C(=O)Cc1ccc(F)c(F)c1. The van der Waals surface area contributed by atoms with E-state index in [1.54, 1.807) is 0 Å². The van der Waals surface area contributed by atoms with Crippen LogP contribution in [0.25, 0.3) is 0 Å². The maximum Gasteiger partial charge on any atom is 0.240 e. The second-order valence-electron chi connectivity index (χ2n) is 2.93. The second-order valence-corrected chi connectivity index (χ2v) is 2.93. The lowest BCUT2D eigenvalue weighted by Gasteiger charge is -2.09. The summed E-state index contributed by atoms with van der Waals surface area (Å²) in [7, 11) is 1.39. The van der Waals surface area contributed by atoms with E-state index >= 15 is 0 Å². The van der Waals surface area contributed by atoms with Crippen molar-refractivity contribution in [1.82, 2.24) is 5.01 Å². The number of hydrogen-bond acceptors (Lipinski definition) is 2. The molecule has 0 spiro atoms. The molecule has 1 aromatic rings. The van der Waals surface area contributed by atoms with Crippen LogP contribution in [-0.4, -0.2) is 18.0 Å². The smallest absolute Gasteiger partial charge is 0.240 e. The van der Waals surface area contributed by atoms with Gasteiger partial charge in [-0.3, -0.25) is 9.80 Å². The summed E-state index contributed by atoms with van der Waals surface area (Å²) < 4.78 is 25.2. The molecule has 0 aromatic heterocycles. The molecule has 14 heavy (non-hydrogen) atoms. The molecule has 3 nitrogen and oxygen atoms in total. The number of rotatable bonds is 2. The van der Waals surface area contributed by atoms with E-state index in [1.165, 1.54) is 13.1 Å². The van der Waals surface area contributed by atoms with Crippen molar-refractivity contribution < 1.29 is 13.6 Å². The normalized spacial score (nSPS) is 10.0. The summed E-state index contributed by atoms with van der Waals surface area (Å²) >= 11 is 0. The standard InChI is InChI=1S/C9H10F2N2O/c1-13(12)9(14)5-6-2-3-7(10)8(11)4-6/h2-4H,5,12H2,1H3. The van der Waals surface area contributed by atoms with Gasteiger partial charge >= 0.3 is 0 Å². The molecule has 0 fully saturated rings. The molecule has 2 N–H and O–H groups in total. The van der Waals surface area contributed by atoms with Gasteiger partial charge in [0.1, 0.15) is 0 Å². The van der Waals surface area contributed by atoms with Crippen molar-refractivity contribution in [2.24, 2.45) is 5.84 Å². The monoisotopic (exact) mass is 200 g/mol. The molecule has 0 saturated heterocycles. The highest BCUT2D eigenvalue weighted by Crippen LogP contribution is 2.09. The number of nitrogens with two attached hydrogens (primary N) is 1. The second kappa shape index (κ2) is 4.15. The van der Waals surface area contributed by atoms with E-state index < -0.39 is 11.6 Å². The Bertz CT molecular complexity index is 353. The molecule has 5 heteroatoms. The van der Waals surface area contributed by atoms with Gasteiger partial charge in [-0.25, -0.2) is 14.6 Å². The van der Waals surface area contributed by atoms with Gasteiger partial charge in [-0.05, 0) is 17.7 Å². The lowest BCUT2D eigenvalue weighted by molar-refractivity contribution is -0.129. The molecular weight excluding hydrogens is 190 g/mol. The lowest BCUT2D eigenvalue weighted by atomic mass is 10.1. The zero-order chi connectivity index (χ0) is 10.7. The molecule has 0 aliphatic carbocycles. The van der Waals surface area contributed by atoms with Crippen LogP contribution in [0.3, 0.4) is 0 Å². The first-order chi connectivity index (χ1) is 6.50. The van der Waals surface area contributed by atoms with E-state index in [4.69, 9.17) is 5.84 Å². The van der Waals surface area contributed by atoms with Crippen molar-refractivity contribution in [3.63, 3.8) is 0 Å². The Labute approximate surface area is 80.1 Å². The number of halogens is 2. The number of nitrogens with zero attached hydrogens (tertiary/aromatic N) is 1. The third-order valence-electron chi connectivity index (χ3n) is 1.73. The van der Waals surface area contributed by atoms with E-state index in [-0.39, 0.29) is 12.3 Å². The molecule has 0 radical (unpaired) electrons. The Kier molecular flexibility index (Phi) is 3.14. The van der Waals surface area contributed by atoms with Crippen LogP contribution in [-0.2, 0) is 11.2 Å². The van der Waals surface area contributed by atoms with Gasteiger partial charge in [0.05, 0.1) is 6.42 Å². The molecule has 0 heterocycles. The van der Waals surface area contributed by atoms with E-state index in [0.717, 1.165) is 17.1 Å². The number of carbonyl (C=O) groups excluding carboxylic acids is 1. The highest BCUT2D eigenvalue weighted by atomic mass is 19.2. The minimum Gasteiger partial charge on any atom is -0.284 e. The average Bonchev–Trinajstić information content (AvgIpc) is 2.11. The van der Waals surface area contributed by atoms with Gasteiger partial charge in [-0.1, -0.05) is 6.07 Å². The first-order valence-corrected chi connectivity index (χ1v) is 3.96. The van der Waals surface area contributed by atoms with Gasteiger partial charge < -0.3 is 0 Å². The predicted octanol–water partition coefficient (Wildman–Crippen LogP) is 0.839. The topological polar surface area (TPSA) is 46.3 Å². The number of amides is 1. The summed E-state index contributed by atoms with van der Waals surface area (Å²) in [5, 5.41) is 0.904. The third kappa shape index (κ3) is 2.50. The van der Waals surface area contributed by atoms with Crippen molar-refractivity contribution in [3.8, 4) is 0 Å². The van der Waals surface area contributed by atoms with Crippen LogP contribution in [0.1, 0.15) is 5.56 Å². The van der Waals surface area contributed by atoms with Gasteiger partial charge in [-0.2, -0.15) is 0 Å². The molecule has 0 unspecified atom stereocenters. The molecule has 76 valence electrons. The molecule has 0 atom stereocenters. The summed E-state index contributed by atoms with van der Waals surface area (Å²) in [4.78, 5) is 11.1. The minimum absolute atomic E-state index is 0.0375. The molecular formula is C9H10F2N2O. The van der Waals surface area contributed by atoms with Crippen LogP contribution in [0.5, 0.6) is 0 Å². The zero-order valence-electron chi connectivity index (χ0n) is 7.63. The Morgan fingerprint density at radius 1 is 1.43 bits per heavy atom. The predicted molar refractivity (Wildman–Crippen MR) is 47.0 cm³/mol. The summed E-state index contributed by atoms with van der Waals surface area (Å²) in [6, 6.07) is 3.31. The van der Waals surface area contributed by atoms with E-state index in [2.05, 4.69) is 0 Å². The molecule has 1 amide bonds. The van der Waals surface area contributed by atoms with Gasteiger partial charge in [-0.15, -0.1) is 0 Å². The molecule has 0 saturated carbocycles. The highest BCUT2D eigenvalue weighted by molar-refractivity contribution is 5.77. The van der Waals surface area contributed by atoms with Gasteiger partial charge in [0.2, 0.25) is 5.91 Å². The van der Waals surface area contributed by atoms with Crippen molar-refractivity contribution in [2.45, 2.75) is 6.42 Å². The van der Waals surface area contributed by atoms with Crippen LogP contribution < -0.4 is 5.84 Å². The molecule has 0 aliphatic heterocycles. The highest BCUT2D eigenvalue weighted by Gasteiger charge is 2.08. The molecule has 1 rings (SSSR count). The number of likely N-dealkylation sites (N-methyl/N-ethyl adjacent to an activating group) is 1. The van der Waals surface area contributed by atoms with Crippen LogP contribution in [0.4, 0.5) is 8.78 Å². The maximum absolute atomic E-state index is 12.7. The van der Waals surface area contributed by atoms with Crippen LogP contribution in [0.2, 0.25) is 0 Å². The van der Waals surface area contributed by atoms with Crippen molar-refractivity contribution in [3.05, 3.63) is 35.4 Å². The van der Waals surface area contributed by atoms with Crippen LogP contribution in [0.15, 0.2) is 18.2 Å². The number of hydrazine groups is 1. The lowest BCUT2D eigenvalue weighted by Crippen LogP contribution is -2.34. The number of carbonyl (C=O) groups is 1. The zero-order valence-corrected chi connectivity index (χ0v) is 7.63. The summed E-state index contributed by atoms with van der Waals surface area (Å²) in [6.45, 7) is 0. The van der Waals surface area contributed by atoms with Gasteiger partial charge in [0.15, 0.2) is 11.6 Å². The molecule has 0 bridgehead atoms. The average molecular weight is 200 g/mol. The largest absolute Gasteiger partial charge is 0.284 e. The van der Waals surface area contributed by atoms with E-state index in [9.17, 15) is 13.6 Å². The van der Waals surface area contributed by atoms with Crippen LogP contribution in [0, 0.1) is 11.6 Å². The first kappa shape index (κ1) is 10.6. The number of benzene rings is 1. The Morgan fingerprint density at radius 2 is 2.07 bits per heavy atom. The summed E-state index contributed by atoms with van der Waals surface area (Å²) in [6.07, 6.45) is -0.0375. The van der Waals surface area contributed by atoms with Crippen molar-refractivity contribution >= 4 is 5.91 Å². The minimum atomic E-state index is -0.963. The number of hydrogen-bond donors (Lipinski definition) is 1. The van der Waals surface area contributed by atoms with Gasteiger partial charge in [0, 0.05) is 7.05 Å². The van der Waals surface area contributed by atoms with Crippen LogP contribution >= 0.6 is 0 Å². The van der Waals surface area contributed by atoms with Crippen molar-refractivity contribution in [1.29, 1.82) is 0 Å². The Balaban J connectivity index is 2.78. The quantitative estimate of drug-likeness (QED) is 0.437. The van der Waals surface area contributed by atoms with Gasteiger partial charge in [0.25, 0.3) is 0 Å². The fraction of sp³-hybridized carbons (Fsp3) is 0.222. The van der Waals surface area contributed by atoms with E-state index in [1.807, 2.05) is 0 Å².